The number of methoxy groups -OCH3 is 1. The van der Waals surface area contributed by atoms with Crippen molar-refractivity contribution >= 4 is 23.4 Å². The summed E-state index contributed by atoms with van der Waals surface area (Å²) in [6, 6.07) is 15.0. The van der Waals surface area contributed by atoms with Crippen LogP contribution < -0.4 is 10.1 Å². The normalized spacial score (nSPS) is 15.8. The number of carbonyl (C=O) groups excluding carboxylic acids is 2. The molecule has 1 saturated heterocycles. The molecule has 0 aromatic heterocycles. The van der Waals surface area contributed by atoms with Crippen LogP contribution in [0.25, 0.3) is 0 Å². The number of nitrogens with one attached hydrogen (secondary N) is 1. The lowest BCUT2D eigenvalue weighted by atomic mass is 10.0. The van der Waals surface area contributed by atoms with Crippen LogP contribution in [-0.4, -0.2) is 54.9 Å². The molecule has 3 rings (SSSR count). The minimum absolute atomic E-state index is 0.0583. The van der Waals surface area contributed by atoms with E-state index < -0.39 is 0 Å². The van der Waals surface area contributed by atoms with Crippen LogP contribution in [0.1, 0.15) is 36.9 Å². The molecule has 7 heteroatoms. The molecule has 0 aliphatic carbocycles. The van der Waals surface area contributed by atoms with Gasteiger partial charge < -0.3 is 15.0 Å². The Morgan fingerprint density at radius 1 is 1.03 bits per heavy atom. The van der Waals surface area contributed by atoms with Crippen LogP contribution in [0.4, 0.5) is 0 Å². The highest BCUT2D eigenvalue weighted by atomic mass is 35.5. The monoisotopic (exact) mass is 443 g/mol. The molecule has 2 aromatic carbocycles. The van der Waals surface area contributed by atoms with Crippen molar-refractivity contribution in [1.82, 2.24) is 15.1 Å². The first-order valence-corrected chi connectivity index (χ1v) is 11.0. The number of amides is 2. The molecule has 6 nitrogen and oxygen atoms in total. The SMILES string of the molecule is COc1ccc(C(CC(=O)N2CCCN(Cc3ccc(Cl)cc3)CC2)NC(C)=O)cc1. The third-order valence-electron chi connectivity index (χ3n) is 5.54. The van der Waals surface area contributed by atoms with E-state index in [0.717, 1.165) is 48.9 Å². The van der Waals surface area contributed by atoms with E-state index in [1.165, 1.54) is 12.5 Å². The second-order valence-electron chi connectivity index (χ2n) is 7.87. The van der Waals surface area contributed by atoms with Gasteiger partial charge in [0.2, 0.25) is 11.8 Å². The molecule has 2 amide bonds. The van der Waals surface area contributed by atoms with Crippen molar-refractivity contribution in [2.45, 2.75) is 32.4 Å². The third-order valence-corrected chi connectivity index (χ3v) is 5.79. The first-order valence-electron chi connectivity index (χ1n) is 10.6. The summed E-state index contributed by atoms with van der Waals surface area (Å²) in [6.45, 7) is 5.50. The Morgan fingerprint density at radius 2 is 1.74 bits per heavy atom. The maximum absolute atomic E-state index is 13.1. The fourth-order valence-corrected chi connectivity index (χ4v) is 3.99. The lowest BCUT2D eigenvalue weighted by Gasteiger charge is -2.25. The van der Waals surface area contributed by atoms with E-state index in [1.54, 1.807) is 7.11 Å². The minimum Gasteiger partial charge on any atom is -0.497 e. The number of nitrogens with zero attached hydrogens (tertiary/aromatic N) is 2. The van der Waals surface area contributed by atoms with Gasteiger partial charge in [0.05, 0.1) is 19.6 Å². The van der Waals surface area contributed by atoms with E-state index in [4.69, 9.17) is 16.3 Å². The summed E-state index contributed by atoms with van der Waals surface area (Å²) in [6.07, 6.45) is 1.16. The molecule has 1 aliphatic heterocycles. The van der Waals surface area contributed by atoms with Gasteiger partial charge in [0.1, 0.15) is 5.75 Å². The average Bonchev–Trinajstić information content (AvgIpc) is 3.00. The van der Waals surface area contributed by atoms with Crippen LogP contribution in [0, 0.1) is 0 Å². The first kappa shape index (κ1) is 23.1. The summed E-state index contributed by atoms with van der Waals surface area (Å²) in [5.41, 5.74) is 2.11. The third kappa shape index (κ3) is 6.97. The van der Waals surface area contributed by atoms with Gasteiger partial charge in [-0.3, -0.25) is 14.5 Å². The van der Waals surface area contributed by atoms with E-state index in [2.05, 4.69) is 10.2 Å². The van der Waals surface area contributed by atoms with Crippen LogP contribution in [0.5, 0.6) is 5.75 Å². The van der Waals surface area contributed by atoms with Gasteiger partial charge in [-0.25, -0.2) is 0 Å². The van der Waals surface area contributed by atoms with Gasteiger partial charge in [0, 0.05) is 44.7 Å². The first-order chi connectivity index (χ1) is 14.9. The number of hydrogen-bond donors (Lipinski definition) is 1. The van der Waals surface area contributed by atoms with Crippen molar-refractivity contribution in [1.29, 1.82) is 0 Å². The Hall–Kier alpha value is -2.57. The predicted molar refractivity (Wildman–Crippen MR) is 122 cm³/mol. The second kappa shape index (κ2) is 11.2. The zero-order valence-corrected chi connectivity index (χ0v) is 18.9. The zero-order chi connectivity index (χ0) is 22.2. The molecule has 0 spiro atoms. The molecule has 1 heterocycles. The number of halogens is 1. The molecule has 31 heavy (non-hydrogen) atoms. The molecule has 2 aromatic rings. The Bertz CT molecular complexity index is 871. The molecular weight excluding hydrogens is 414 g/mol. The zero-order valence-electron chi connectivity index (χ0n) is 18.1. The molecule has 0 bridgehead atoms. The molecule has 1 fully saturated rings. The van der Waals surface area contributed by atoms with Gasteiger partial charge >= 0.3 is 0 Å². The Balaban J connectivity index is 1.59. The van der Waals surface area contributed by atoms with Gasteiger partial charge in [0.25, 0.3) is 0 Å². The van der Waals surface area contributed by atoms with E-state index in [-0.39, 0.29) is 24.3 Å². The van der Waals surface area contributed by atoms with Gasteiger partial charge in [-0.2, -0.15) is 0 Å². The largest absolute Gasteiger partial charge is 0.497 e. The van der Waals surface area contributed by atoms with Crippen molar-refractivity contribution in [2.24, 2.45) is 0 Å². The van der Waals surface area contributed by atoms with Crippen LogP contribution in [0.2, 0.25) is 5.02 Å². The average molecular weight is 444 g/mol. The highest BCUT2D eigenvalue weighted by Crippen LogP contribution is 2.22. The lowest BCUT2D eigenvalue weighted by Crippen LogP contribution is -2.38. The number of hydrogen-bond acceptors (Lipinski definition) is 4. The number of benzene rings is 2. The van der Waals surface area contributed by atoms with Crippen molar-refractivity contribution < 1.29 is 14.3 Å². The minimum atomic E-state index is -0.357. The fourth-order valence-electron chi connectivity index (χ4n) is 3.86. The summed E-state index contributed by atoms with van der Waals surface area (Å²) in [5, 5.41) is 3.65. The van der Waals surface area contributed by atoms with Crippen LogP contribution in [0.15, 0.2) is 48.5 Å². The maximum atomic E-state index is 13.1. The quantitative estimate of drug-likeness (QED) is 0.709. The van der Waals surface area contributed by atoms with Gasteiger partial charge in [-0.05, 0) is 41.8 Å². The van der Waals surface area contributed by atoms with Crippen molar-refractivity contribution in [2.75, 3.05) is 33.3 Å². The summed E-state index contributed by atoms with van der Waals surface area (Å²) >= 11 is 5.98. The number of rotatable bonds is 7. The van der Waals surface area contributed by atoms with Gasteiger partial charge in [-0.1, -0.05) is 35.9 Å². The molecule has 1 N–H and O–H groups in total. The van der Waals surface area contributed by atoms with Crippen molar-refractivity contribution in [3.05, 3.63) is 64.7 Å². The molecule has 166 valence electrons. The standard InChI is InChI=1S/C24H30ClN3O3/c1-18(29)26-23(20-6-10-22(31-2)11-7-20)16-24(30)28-13-3-12-27(14-15-28)17-19-4-8-21(25)9-5-19/h4-11,23H,3,12-17H2,1-2H3,(H,26,29). The molecule has 0 radical (unpaired) electrons. The molecule has 1 atom stereocenters. The van der Waals surface area contributed by atoms with E-state index in [9.17, 15) is 9.59 Å². The molecule has 1 unspecified atom stereocenters. The molecular formula is C24H30ClN3O3. The van der Waals surface area contributed by atoms with E-state index in [1.807, 2.05) is 53.4 Å². The van der Waals surface area contributed by atoms with Crippen LogP contribution >= 0.6 is 11.6 Å². The number of ether oxygens (including phenoxy) is 1. The number of carbonyl (C=O) groups is 2. The Morgan fingerprint density at radius 3 is 2.39 bits per heavy atom. The second-order valence-corrected chi connectivity index (χ2v) is 8.30. The van der Waals surface area contributed by atoms with Crippen molar-refractivity contribution in [3.8, 4) is 5.75 Å². The maximum Gasteiger partial charge on any atom is 0.225 e. The van der Waals surface area contributed by atoms with E-state index in [0.29, 0.717) is 6.54 Å². The molecule has 1 aliphatic rings. The van der Waals surface area contributed by atoms with Crippen LogP contribution in [0.3, 0.4) is 0 Å². The Labute approximate surface area is 189 Å². The highest BCUT2D eigenvalue weighted by Gasteiger charge is 2.23. The predicted octanol–water partition coefficient (Wildman–Crippen LogP) is 3.65. The molecule has 0 saturated carbocycles. The van der Waals surface area contributed by atoms with Crippen molar-refractivity contribution in [3.63, 3.8) is 0 Å². The Kier molecular flexibility index (Phi) is 8.32. The lowest BCUT2D eigenvalue weighted by molar-refractivity contribution is -0.132. The summed E-state index contributed by atoms with van der Waals surface area (Å²) in [5.74, 6) is 0.645. The highest BCUT2D eigenvalue weighted by molar-refractivity contribution is 6.30. The van der Waals surface area contributed by atoms with Gasteiger partial charge in [-0.15, -0.1) is 0 Å². The smallest absolute Gasteiger partial charge is 0.225 e. The van der Waals surface area contributed by atoms with Gasteiger partial charge in [0.15, 0.2) is 0 Å². The van der Waals surface area contributed by atoms with E-state index >= 15 is 0 Å². The fraction of sp³-hybridized carbons (Fsp3) is 0.417. The topological polar surface area (TPSA) is 61.9 Å². The summed E-state index contributed by atoms with van der Waals surface area (Å²) < 4.78 is 5.20. The van der Waals surface area contributed by atoms with Crippen LogP contribution in [-0.2, 0) is 16.1 Å². The summed E-state index contributed by atoms with van der Waals surface area (Å²) in [4.78, 5) is 29.1. The summed E-state index contributed by atoms with van der Waals surface area (Å²) in [7, 11) is 1.61.